The first-order valence-electron chi connectivity index (χ1n) is 4.91. The fourth-order valence-corrected chi connectivity index (χ4v) is 1.50. The molecular formula is C11H14BrN3O. The topological polar surface area (TPSA) is 46.9 Å². The second-order valence-corrected chi connectivity index (χ2v) is 3.36. The number of likely N-dealkylation sites (N-methyl/N-ethyl adjacent to an activating group) is 1. The smallest absolute Gasteiger partial charge is 0.261 e. The number of nitrogens with zero attached hydrogens (tertiary/aromatic N) is 2. The quantitative estimate of drug-likeness (QED) is 0.921. The molecule has 5 heteroatoms. The highest BCUT2D eigenvalue weighted by Gasteiger charge is 2.01. The maximum Gasteiger partial charge on any atom is 0.261 e. The van der Waals surface area contributed by atoms with Crippen molar-refractivity contribution in [2.75, 3.05) is 13.6 Å². The van der Waals surface area contributed by atoms with Crippen molar-refractivity contribution in [3.63, 3.8) is 0 Å². The van der Waals surface area contributed by atoms with Crippen molar-refractivity contribution in [2.45, 2.75) is 6.54 Å². The van der Waals surface area contributed by atoms with Gasteiger partial charge in [-0.25, -0.2) is 4.98 Å². The molecule has 0 unspecified atom stereocenters. The molecule has 0 radical (unpaired) electrons. The van der Waals surface area contributed by atoms with Crippen molar-refractivity contribution < 1.29 is 0 Å². The Bertz CT molecular complexity index is 524. The minimum atomic E-state index is 0. The van der Waals surface area contributed by atoms with Crippen molar-refractivity contribution in [2.24, 2.45) is 0 Å². The number of hydrogen-bond acceptors (Lipinski definition) is 3. The van der Waals surface area contributed by atoms with E-state index in [0.29, 0.717) is 11.9 Å². The minimum Gasteiger partial charge on any atom is -0.318 e. The van der Waals surface area contributed by atoms with Crippen LogP contribution in [0.15, 0.2) is 35.4 Å². The number of para-hydroxylation sites is 1. The third-order valence-corrected chi connectivity index (χ3v) is 2.33. The van der Waals surface area contributed by atoms with Crippen LogP contribution in [-0.4, -0.2) is 23.1 Å². The summed E-state index contributed by atoms with van der Waals surface area (Å²) in [7, 11) is 1.86. The van der Waals surface area contributed by atoms with Crippen molar-refractivity contribution in [1.82, 2.24) is 14.9 Å². The molecule has 0 aliphatic heterocycles. The molecule has 0 aliphatic carbocycles. The molecule has 0 aliphatic rings. The van der Waals surface area contributed by atoms with E-state index in [4.69, 9.17) is 0 Å². The third-order valence-electron chi connectivity index (χ3n) is 2.33. The molecule has 1 aromatic carbocycles. The van der Waals surface area contributed by atoms with Crippen LogP contribution in [0.3, 0.4) is 0 Å². The van der Waals surface area contributed by atoms with Gasteiger partial charge in [-0.15, -0.1) is 17.0 Å². The largest absolute Gasteiger partial charge is 0.318 e. The summed E-state index contributed by atoms with van der Waals surface area (Å²) in [5.74, 6) is 0. The summed E-state index contributed by atoms with van der Waals surface area (Å²) in [5.41, 5.74) is 0.777. The molecule has 1 heterocycles. The van der Waals surface area contributed by atoms with Crippen LogP contribution in [0.4, 0.5) is 0 Å². The molecule has 86 valence electrons. The molecule has 1 aromatic heterocycles. The number of benzene rings is 1. The highest BCUT2D eigenvalue weighted by Crippen LogP contribution is 2.04. The number of rotatable bonds is 3. The number of nitrogens with one attached hydrogen (secondary N) is 1. The average molecular weight is 284 g/mol. The predicted molar refractivity (Wildman–Crippen MR) is 70.3 cm³/mol. The summed E-state index contributed by atoms with van der Waals surface area (Å²) in [6.07, 6.45) is 1.60. The first-order valence-corrected chi connectivity index (χ1v) is 4.91. The van der Waals surface area contributed by atoms with Gasteiger partial charge in [0.05, 0.1) is 17.2 Å². The van der Waals surface area contributed by atoms with Gasteiger partial charge in [0.15, 0.2) is 0 Å². The fraction of sp³-hybridized carbons (Fsp3) is 0.273. The van der Waals surface area contributed by atoms with Crippen LogP contribution in [0, 0.1) is 0 Å². The van der Waals surface area contributed by atoms with Crippen LogP contribution >= 0.6 is 17.0 Å². The van der Waals surface area contributed by atoms with Crippen LogP contribution in [0.1, 0.15) is 0 Å². The van der Waals surface area contributed by atoms with Crippen LogP contribution < -0.4 is 10.9 Å². The van der Waals surface area contributed by atoms with Gasteiger partial charge in [-0.05, 0) is 19.2 Å². The Morgan fingerprint density at radius 1 is 1.38 bits per heavy atom. The summed E-state index contributed by atoms with van der Waals surface area (Å²) in [6.45, 7) is 1.41. The molecule has 0 atom stereocenters. The van der Waals surface area contributed by atoms with E-state index in [1.807, 2.05) is 25.2 Å². The monoisotopic (exact) mass is 283 g/mol. The first-order chi connectivity index (χ1) is 7.33. The lowest BCUT2D eigenvalue weighted by Gasteiger charge is -2.05. The maximum absolute atomic E-state index is 11.9. The standard InChI is InChI=1S/C11H13N3O.BrH/c1-12-6-7-14-8-13-10-5-3-2-4-9(10)11(14)15;/h2-5,8,12H,6-7H2,1H3;1H. The molecule has 0 spiro atoms. The van der Waals surface area contributed by atoms with Gasteiger partial charge in [0, 0.05) is 13.1 Å². The van der Waals surface area contributed by atoms with E-state index < -0.39 is 0 Å². The zero-order valence-electron chi connectivity index (χ0n) is 9.01. The van der Waals surface area contributed by atoms with Gasteiger partial charge in [-0.2, -0.15) is 0 Å². The zero-order chi connectivity index (χ0) is 10.7. The number of hydrogen-bond donors (Lipinski definition) is 1. The van der Waals surface area contributed by atoms with Crippen molar-refractivity contribution >= 4 is 27.9 Å². The molecular weight excluding hydrogens is 270 g/mol. The lowest BCUT2D eigenvalue weighted by molar-refractivity contribution is 0.621. The number of aromatic nitrogens is 2. The van der Waals surface area contributed by atoms with E-state index in [2.05, 4.69) is 10.3 Å². The summed E-state index contributed by atoms with van der Waals surface area (Å²) in [5, 5.41) is 3.68. The second kappa shape index (κ2) is 5.77. The lowest BCUT2D eigenvalue weighted by Crippen LogP contribution is -2.25. The molecule has 0 saturated heterocycles. The Kier molecular flexibility index (Phi) is 4.64. The molecule has 0 amide bonds. The Hall–Kier alpha value is -1.20. The minimum absolute atomic E-state index is 0. The van der Waals surface area contributed by atoms with Crippen molar-refractivity contribution in [1.29, 1.82) is 0 Å². The first kappa shape index (κ1) is 12.9. The highest BCUT2D eigenvalue weighted by molar-refractivity contribution is 8.93. The van der Waals surface area contributed by atoms with Gasteiger partial charge in [0.25, 0.3) is 5.56 Å². The molecule has 4 nitrogen and oxygen atoms in total. The maximum atomic E-state index is 11.9. The van der Waals surface area contributed by atoms with E-state index in [-0.39, 0.29) is 22.5 Å². The molecule has 0 bridgehead atoms. The number of halogens is 1. The van der Waals surface area contributed by atoms with E-state index in [0.717, 1.165) is 12.1 Å². The van der Waals surface area contributed by atoms with Gasteiger partial charge >= 0.3 is 0 Å². The van der Waals surface area contributed by atoms with Gasteiger partial charge in [0.1, 0.15) is 0 Å². The van der Waals surface area contributed by atoms with E-state index in [1.165, 1.54) is 0 Å². The number of fused-ring (bicyclic) bond motifs is 1. The molecule has 0 saturated carbocycles. The molecule has 2 rings (SSSR count). The summed E-state index contributed by atoms with van der Waals surface area (Å²) in [4.78, 5) is 16.2. The fourth-order valence-electron chi connectivity index (χ4n) is 1.50. The predicted octanol–water partition coefficient (Wildman–Crippen LogP) is 1.19. The van der Waals surface area contributed by atoms with E-state index in [9.17, 15) is 4.79 Å². The van der Waals surface area contributed by atoms with Crippen LogP contribution in [0.5, 0.6) is 0 Å². The van der Waals surface area contributed by atoms with Gasteiger partial charge in [-0.1, -0.05) is 12.1 Å². The normalized spacial score (nSPS) is 10.1. The zero-order valence-corrected chi connectivity index (χ0v) is 10.7. The Labute approximate surface area is 104 Å². The summed E-state index contributed by atoms with van der Waals surface area (Å²) < 4.78 is 1.62. The van der Waals surface area contributed by atoms with Crippen LogP contribution in [-0.2, 0) is 6.54 Å². The van der Waals surface area contributed by atoms with E-state index in [1.54, 1.807) is 17.0 Å². The molecule has 0 fully saturated rings. The third kappa shape index (κ3) is 2.48. The average Bonchev–Trinajstić information content (AvgIpc) is 2.29. The molecule has 1 N–H and O–H groups in total. The van der Waals surface area contributed by atoms with Crippen LogP contribution in [0.25, 0.3) is 10.9 Å². The van der Waals surface area contributed by atoms with Crippen molar-refractivity contribution in [3.8, 4) is 0 Å². The van der Waals surface area contributed by atoms with Crippen LogP contribution in [0.2, 0.25) is 0 Å². The van der Waals surface area contributed by atoms with Crippen molar-refractivity contribution in [3.05, 3.63) is 40.9 Å². The Morgan fingerprint density at radius 2 is 2.12 bits per heavy atom. The van der Waals surface area contributed by atoms with E-state index >= 15 is 0 Å². The SMILES string of the molecule is Br.CNCCn1cnc2ccccc2c1=O. The Balaban J connectivity index is 0.00000128. The summed E-state index contributed by atoms with van der Waals surface area (Å²) >= 11 is 0. The molecule has 16 heavy (non-hydrogen) atoms. The van der Waals surface area contributed by atoms with Gasteiger partial charge in [-0.3, -0.25) is 9.36 Å². The Morgan fingerprint density at radius 3 is 2.88 bits per heavy atom. The highest BCUT2D eigenvalue weighted by atomic mass is 79.9. The second-order valence-electron chi connectivity index (χ2n) is 3.36. The lowest BCUT2D eigenvalue weighted by atomic mass is 10.2. The summed E-state index contributed by atoms with van der Waals surface area (Å²) in [6, 6.07) is 7.39. The molecule has 2 aromatic rings. The van der Waals surface area contributed by atoms with Gasteiger partial charge < -0.3 is 5.32 Å². The van der Waals surface area contributed by atoms with Gasteiger partial charge in [0.2, 0.25) is 0 Å².